The molecule has 0 saturated carbocycles. The topological polar surface area (TPSA) is 74.3 Å². The van der Waals surface area contributed by atoms with Crippen molar-refractivity contribution in [1.29, 1.82) is 0 Å². The number of aryl methyl sites for hydroxylation is 1. The Labute approximate surface area is 143 Å². The lowest BCUT2D eigenvalue weighted by Gasteiger charge is -2.28. The molecule has 0 saturated heterocycles. The number of anilines is 1. The number of aromatic nitrogens is 3. The molecule has 0 fully saturated rings. The highest BCUT2D eigenvalue weighted by Crippen LogP contribution is 2.35. The van der Waals surface area contributed by atoms with Crippen LogP contribution in [0.2, 0.25) is 0 Å². The summed E-state index contributed by atoms with van der Waals surface area (Å²) in [5.74, 6) is 1.64. The van der Waals surface area contributed by atoms with Gasteiger partial charge in [0.1, 0.15) is 5.75 Å². The van der Waals surface area contributed by atoms with Gasteiger partial charge in [-0.15, -0.1) is 11.3 Å². The maximum atomic E-state index is 14.6. The van der Waals surface area contributed by atoms with Gasteiger partial charge < -0.3 is 9.94 Å². The summed E-state index contributed by atoms with van der Waals surface area (Å²) in [6.07, 6.45) is 8.50. The van der Waals surface area contributed by atoms with Crippen molar-refractivity contribution < 1.29 is 18.8 Å². The van der Waals surface area contributed by atoms with Crippen LogP contribution in [0.15, 0.2) is 12.1 Å². The molecule has 0 radical (unpaired) electrons. The number of carbonyl (C=O) groups is 1. The zero-order valence-electron chi connectivity index (χ0n) is 13.4. The average Bonchev–Trinajstić information content (AvgIpc) is 2.94. The largest absolute Gasteiger partial charge is 0.692 e. The van der Waals surface area contributed by atoms with Crippen molar-refractivity contribution >= 4 is 11.6 Å². The van der Waals surface area contributed by atoms with Crippen molar-refractivity contribution in [3.63, 3.8) is 0 Å². The molecular weight excluding hydrogens is 327 g/mol. The van der Waals surface area contributed by atoms with Crippen LogP contribution < -0.4 is 14.5 Å². The Balaban J connectivity index is 1.86. The molecule has 7 nitrogen and oxygen atoms in total. The van der Waals surface area contributed by atoms with Gasteiger partial charge in [0.05, 0.1) is 12.2 Å². The zero-order valence-corrected chi connectivity index (χ0v) is 13.4. The molecule has 1 aromatic heterocycles. The highest BCUT2D eigenvalue weighted by Gasteiger charge is 2.31. The summed E-state index contributed by atoms with van der Waals surface area (Å²) in [6, 6.07) is 2.53. The van der Waals surface area contributed by atoms with Crippen LogP contribution in [0.5, 0.6) is 5.75 Å². The molecule has 1 aliphatic heterocycles. The van der Waals surface area contributed by atoms with Crippen molar-refractivity contribution in [2.75, 3.05) is 18.1 Å². The predicted molar refractivity (Wildman–Crippen MR) is 85.8 cm³/mol. The summed E-state index contributed by atoms with van der Waals surface area (Å²) in [6.45, 7) is -0.168. The number of rotatable bonds is 2. The van der Waals surface area contributed by atoms with E-state index in [0.717, 1.165) is 23.7 Å². The van der Waals surface area contributed by atoms with Gasteiger partial charge in [-0.3, -0.25) is 9.69 Å². The number of amides is 1. The molecule has 0 bridgehead atoms. The van der Waals surface area contributed by atoms with Gasteiger partial charge in [-0.1, -0.05) is 5.92 Å². The summed E-state index contributed by atoms with van der Waals surface area (Å²) in [7, 11) is 0. The number of nitrogens with zero attached hydrogens (tertiary/aromatic N) is 4. The number of fused-ring (bicyclic) bond motifs is 2. The normalized spacial score (nSPS) is 16.0. The first-order valence-electron chi connectivity index (χ1n) is 8.01. The number of halogens is 1. The summed E-state index contributed by atoms with van der Waals surface area (Å²) < 4.78 is 19.9. The first-order valence-corrected chi connectivity index (χ1v) is 8.01. The Morgan fingerprint density at radius 1 is 1.36 bits per heavy atom. The minimum atomic E-state index is -0.654. The molecule has 0 N–H and O–H groups in total. The highest BCUT2D eigenvalue weighted by atomic mass is 19.1. The number of terminal acetylenes is 1. The molecule has 1 aliphatic carbocycles. The van der Waals surface area contributed by atoms with Gasteiger partial charge in [-0.25, -0.2) is 4.39 Å². The van der Waals surface area contributed by atoms with Crippen molar-refractivity contribution in [3.8, 4) is 23.8 Å². The van der Waals surface area contributed by atoms with Crippen molar-refractivity contribution in [2.45, 2.75) is 25.7 Å². The first-order chi connectivity index (χ1) is 12.1. The van der Waals surface area contributed by atoms with Gasteiger partial charge in [-0.05, 0) is 17.6 Å². The minimum absolute atomic E-state index is 0.0350. The molecule has 0 unspecified atom stereocenters. The van der Waals surface area contributed by atoms with Gasteiger partial charge in [-0.2, -0.15) is 0 Å². The Kier molecular flexibility index (Phi) is 3.57. The molecule has 1 aromatic carbocycles. The van der Waals surface area contributed by atoms with Crippen molar-refractivity contribution in [2.24, 2.45) is 0 Å². The molecule has 25 heavy (non-hydrogen) atoms. The molecule has 8 heteroatoms. The third kappa shape index (κ3) is 2.39. The van der Waals surface area contributed by atoms with E-state index in [0.29, 0.717) is 34.8 Å². The lowest BCUT2D eigenvalue weighted by molar-refractivity contribution is -0.696. The van der Waals surface area contributed by atoms with E-state index < -0.39 is 5.82 Å². The number of hydrogen-bond acceptors (Lipinski definition) is 4. The maximum Gasteiger partial charge on any atom is 0.265 e. The Morgan fingerprint density at radius 2 is 2.16 bits per heavy atom. The molecule has 0 atom stereocenters. The molecule has 2 heterocycles. The monoisotopic (exact) mass is 342 g/mol. The maximum absolute atomic E-state index is 14.6. The van der Waals surface area contributed by atoms with E-state index >= 15 is 0 Å². The van der Waals surface area contributed by atoms with E-state index in [-0.39, 0.29) is 30.5 Å². The van der Waals surface area contributed by atoms with Crippen LogP contribution in [-0.2, 0) is 17.6 Å². The Morgan fingerprint density at radius 3 is 2.92 bits per heavy atom. The lowest BCUT2D eigenvalue weighted by Crippen LogP contribution is -2.42. The first kappa shape index (κ1) is 15.4. The summed E-state index contributed by atoms with van der Waals surface area (Å²) >= 11 is 0. The van der Waals surface area contributed by atoms with Gasteiger partial charge in [0.25, 0.3) is 5.91 Å². The molecule has 1 amide bonds. The SMILES string of the molecule is C#CCN1C(=O)COc2cc(F)c(-n3nc4c([n+]3[O-])CCCC4)cc21. The van der Waals surface area contributed by atoms with Gasteiger partial charge in [0.15, 0.2) is 23.8 Å². The number of hydrogen-bond donors (Lipinski definition) is 0. The van der Waals surface area contributed by atoms with Crippen molar-refractivity contribution in [3.05, 3.63) is 34.5 Å². The Hall–Kier alpha value is -3.08. The molecule has 128 valence electrons. The van der Waals surface area contributed by atoms with Crippen LogP contribution in [0, 0.1) is 23.4 Å². The van der Waals surface area contributed by atoms with E-state index in [2.05, 4.69) is 11.0 Å². The zero-order chi connectivity index (χ0) is 17.6. The number of ether oxygens (including phenoxy) is 1. The summed E-state index contributed by atoms with van der Waals surface area (Å²) in [4.78, 5) is 15.0. The second-order valence-electron chi connectivity index (χ2n) is 6.01. The van der Waals surface area contributed by atoms with E-state index in [1.807, 2.05) is 0 Å². The molecule has 2 aliphatic rings. The third-order valence-electron chi connectivity index (χ3n) is 4.46. The second kappa shape index (κ2) is 5.77. The van der Waals surface area contributed by atoms with Gasteiger partial charge >= 0.3 is 0 Å². The van der Waals surface area contributed by atoms with Crippen molar-refractivity contribution in [1.82, 2.24) is 9.90 Å². The van der Waals surface area contributed by atoms with E-state index in [1.165, 1.54) is 11.0 Å². The molecule has 0 spiro atoms. The van der Waals surface area contributed by atoms with Crippen LogP contribution >= 0.6 is 0 Å². The fourth-order valence-electron chi connectivity index (χ4n) is 3.24. The fraction of sp³-hybridized carbons (Fsp3) is 0.353. The Bertz CT molecular complexity index is 916. The minimum Gasteiger partial charge on any atom is -0.692 e. The summed E-state index contributed by atoms with van der Waals surface area (Å²) in [5, 5.41) is 16.8. The van der Waals surface area contributed by atoms with E-state index in [9.17, 15) is 14.4 Å². The average molecular weight is 342 g/mol. The predicted octanol–water partition coefficient (Wildman–Crippen LogP) is 0.882. The van der Waals surface area contributed by atoms with Crippen LogP contribution in [0.3, 0.4) is 0 Å². The molecule has 4 rings (SSSR count). The number of carbonyl (C=O) groups excluding carboxylic acids is 1. The summed E-state index contributed by atoms with van der Waals surface area (Å²) in [5.41, 5.74) is 1.55. The lowest BCUT2D eigenvalue weighted by atomic mass is 10.0. The van der Waals surface area contributed by atoms with Crippen LogP contribution in [0.4, 0.5) is 10.1 Å². The third-order valence-corrected chi connectivity index (χ3v) is 4.46. The standard InChI is InChI=1S/C17H15FN4O3/c1-2-7-20-15-9-14(11(18)8-16(15)25-10-17(20)23)21-19-12-5-3-4-6-13(12)22(21)24/h1,8-9H,3-7,10H2. The molecule has 2 aromatic rings. The second-order valence-corrected chi connectivity index (χ2v) is 6.01. The van der Waals surface area contributed by atoms with Crippen LogP contribution in [0.1, 0.15) is 24.2 Å². The van der Waals surface area contributed by atoms with Gasteiger partial charge in [0.2, 0.25) is 5.69 Å². The molecular formula is C17H15FN4O3. The highest BCUT2D eigenvalue weighted by molar-refractivity contribution is 5.98. The van der Waals surface area contributed by atoms with Crippen LogP contribution in [-0.4, -0.2) is 29.0 Å². The van der Waals surface area contributed by atoms with E-state index in [1.54, 1.807) is 0 Å². The van der Waals surface area contributed by atoms with Gasteiger partial charge in [0, 0.05) is 30.1 Å². The van der Waals surface area contributed by atoms with E-state index in [4.69, 9.17) is 11.2 Å². The fourth-order valence-corrected chi connectivity index (χ4v) is 3.24. The number of benzene rings is 1. The smallest absolute Gasteiger partial charge is 0.265 e. The van der Waals surface area contributed by atoms with Crippen LogP contribution in [0.25, 0.3) is 5.69 Å². The quantitative estimate of drug-likeness (QED) is 0.461.